The number of hydrogen-bond donors (Lipinski definition) is 1. The molecule has 14 heavy (non-hydrogen) atoms. The molecule has 0 radical (unpaired) electrons. The smallest absolute Gasteiger partial charge is 0.0594 e. The van der Waals surface area contributed by atoms with E-state index in [-0.39, 0.29) is 11.5 Å². The van der Waals surface area contributed by atoms with E-state index >= 15 is 0 Å². The average Bonchev–Trinajstić information content (AvgIpc) is 2.13. The van der Waals surface area contributed by atoms with Crippen LogP contribution in [0.2, 0.25) is 0 Å². The fourth-order valence-electron chi connectivity index (χ4n) is 3.56. The first-order chi connectivity index (χ1) is 6.47. The van der Waals surface area contributed by atoms with E-state index in [0.29, 0.717) is 11.3 Å². The van der Waals surface area contributed by atoms with Crippen molar-refractivity contribution in [3.63, 3.8) is 0 Å². The molecular formula is C13H22O. The summed E-state index contributed by atoms with van der Waals surface area (Å²) in [5.74, 6) is 0.656. The monoisotopic (exact) mass is 194 g/mol. The van der Waals surface area contributed by atoms with E-state index in [2.05, 4.69) is 32.9 Å². The Bertz CT molecular complexity index is 254. The molecule has 3 atom stereocenters. The molecule has 0 aromatic heterocycles. The van der Waals surface area contributed by atoms with Crippen LogP contribution in [-0.2, 0) is 0 Å². The lowest BCUT2D eigenvalue weighted by Crippen LogP contribution is -2.50. The number of aliphatic hydroxyl groups excluding tert-OH is 1. The topological polar surface area (TPSA) is 20.2 Å². The molecule has 1 fully saturated rings. The summed E-state index contributed by atoms with van der Waals surface area (Å²) < 4.78 is 0. The zero-order valence-corrected chi connectivity index (χ0v) is 9.59. The Morgan fingerprint density at radius 3 is 2.64 bits per heavy atom. The number of rotatable bonds is 0. The number of hydrogen-bond acceptors (Lipinski definition) is 1. The van der Waals surface area contributed by atoms with Crippen LogP contribution in [0, 0.1) is 16.7 Å². The van der Waals surface area contributed by atoms with Gasteiger partial charge in [0.05, 0.1) is 6.10 Å². The van der Waals surface area contributed by atoms with Crippen LogP contribution in [0.3, 0.4) is 0 Å². The van der Waals surface area contributed by atoms with E-state index in [4.69, 9.17) is 0 Å². The van der Waals surface area contributed by atoms with E-state index in [1.165, 1.54) is 12.8 Å². The second kappa shape index (κ2) is 3.10. The van der Waals surface area contributed by atoms with Crippen LogP contribution in [0.1, 0.15) is 46.5 Å². The molecule has 0 spiro atoms. The Labute approximate surface area is 87.2 Å². The van der Waals surface area contributed by atoms with Gasteiger partial charge in [0.15, 0.2) is 0 Å². The summed E-state index contributed by atoms with van der Waals surface area (Å²) >= 11 is 0. The van der Waals surface area contributed by atoms with Crippen molar-refractivity contribution in [3.05, 3.63) is 12.2 Å². The number of fused-ring (bicyclic) bond motifs is 1. The van der Waals surface area contributed by atoms with Crippen molar-refractivity contribution in [3.8, 4) is 0 Å². The third kappa shape index (κ3) is 1.33. The van der Waals surface area contributed by atoms with Crippen LogP contribution in [-0.4, -0.2) is 11.2 Å². The summed E-state index contributed by atoms with van der Waals surface area (Å²) in [7, 11) is 0. The predicted octanol–water partition coefficient (Wildman–Crippen LogP) is 3.14. The van der Waals surface area contributed by atoms with Gasteiger partial charge >= 0.3 is 0 Å². The van der Waals surface area contributed by atoms with Gasteiger partial charge in [-0.05, 0) is 42.4 Å². The predicted molar refractivity (Wildman–Crippen MR) is 59.0 cm³/mol. The maximum absolute atomic E-state index is 10.1. The van der Waals surface area contributed by atoms with Crippen LogP contribution in [0.15, 0.2) is 12.2 Å². The highest BCUT2D eigenvalue weighted by Crippen LogP contribution is 2.55. The van der Waals surface area contributed by atoms with Gasteiger partial charge in [0, 0.05) is 0 Å². The summed E-state index contributed by atoms with van der Waals surface area (Å²) in [5, 5.41) is 10.1. The molecule has 1 heteroatoms. The zero-order chi connectivity index (χ0) is 10.4. The van der Waals surface area contributed by atoms with Gasteiger partial charge in [-0.25, -0.2) is 0 Å². The van der Waals surface area contributed by atoms with E-state index in [9.17, 15) is 5.11 Å². The molecule has 2 rings (SSSR count). The fraction of sp³-hybridized carbons (Fsp3) is 0.846. The van der Waals surface area contributed by atoms with Crippen molar-refractivity contribution in [1.82, 2.24) is 0 Å². The van der Waals surface area contributed by atoms with Crippen molar-refractivity contribution >= 4 is 0 Å². The molecule has 0 bridgehead atoms. The number of aliphatic hydroxyl groups is 1. The molecule has 1 N–H and O–H groups in total. The molecule has 2 aliphatic carbocycles. The lowest BCUT2D eigenvalue weighted by atomic mass is 9.52. The Morgan fingerprint density at radius 1 is 1.21 bits per heavy atom. The first-order valence-electron chi connectivity index (χ1n) is 5.80. The lowest BCUT2D eigenvalue weighted by Gasteiger charge is -2.54. The van der Waals surface area contributed by atoms with Gasteiger partial charge in [0.1, 0.15) is 0 Å². The third-order valence-electron chi connectivity index (χ3n) is 4.71. The molecule has 0 aromatic rings. The van der Waals surface area contributed by atoms with E-state index in [1.54, 1.807) is 0 Å². The van der Waals surface area contributed by atoms with Crippen molar-refractivity contribution in [1.29, 1.82) is 0 Å². The molecule has 0 saturated heterocycles. The lowest BCUT2D eigenvalue weighted by molar-refractivity contribution is -0.0951. The van der Waals surface area contributed by atoms with Crippen LogP contribution in [0.25, 0.3) is 0 Å². The fourth-order valence-corrected chi connectivity index (χ4v) is 3.56. The van der Waals surface area contributed by atoms with Gasteiger partial charge in [-0.2, -0.15) is 0 Å². The minimum Gasteiger partial charge on any atom is -0.393 e. The molecule has 1 nitrogen and oxygen atoms in total. The highest BCUT2D eigenvalue weighted by Gasteiger charge is 2.50. The molecule has 3 unspecified atom stereocenters. The normalized spacial score (nSPS) is 46.0. The summed E-state index contributed by atoms with van der Waals surface area (Å²) in [6.07, 6.45) is 9.04. The molecular weight excluding hydrogens is 172 g/mol. The highest BCUT2D eigenvalue weighted by molar-refractivity contribution is 5.08. The maximum Gasteiger partial charge on any atom is 0.0594 e. The second-order valence-electron chi connectivity index (χ2n) is 5.99. The maximum atomic E-state index is 10.1. The van der Waals surface area contributed by atoms with Gasteiger partial charge in [-0.15, -0.1) is 0 Å². The van der Waals surface area contributed by atoms with Crippen molar-refractivity contribution in [2.24, 2.45) is 16.7 Å². The Hall–Kier alpha value is -0.300. The van der Waals surface area contributed by atoms with E-state index < -0.39 is 0 Å². The Balaban J connectivity index is 2.31. The summed E-state index contributed by atoms with van der Waals surface area (Å²) in [5.41, 5.74) is 0.537. The Morgan fingerprint density at radius 2 is 1.93 bits per heavy atom. The molecule has 0 heterocycles. The van der Waals surface area contributed by atoms with E-state index in [0.717, 1.165) is 12.8 Å². The molecule has 1 saturated carbocycles. The summed E-state index contributed by atoms with van der Waals surface area (Å²) in [6, 6.07) is 0. The minimum absolute atomic E-state index is 0.0950. The van der Waals surface area contributed by atoms with Crippen molar-refractivity contribution in [2.45, 2.75) is 52.6 Å². The van der Waals surface area contributed by atoms with Gasteiger partial charge in [0.25, 0.3) is 0 Å². The standard InChI is InChI=1S/C13H22O/c1-12(2)10-6-4-5-8-13(10,3)9-7-11(12)14/h4-5,10-11,14H,6-9H2,1-3H3. The van der Waals surface area contributed by atoms with Crippen molar-refractivity contribution < 1.29 is 5.11 Å². The molecule has 2 aliphatic rings. The van der Waals surface area contributed by atoms with Gasteiger partial charge < -0.3 is 5.11 Å². The van der Waals surface area contributed by atoms with Gasteiger partial charge in [0.2, 0.25) is 0 Å². The summed E-state index contributed by atoms with van der Waals surface area (Å²) in [6.45, 7) is 6.87. The van der Waals surface area contributed by atoms with Crippen LogP contribution in [0.4, 0.5) is 0 Å². The van der Waals surface area contributed by atoms with Crippen LogP contribution < -0.4 is 0 Å². The SMILES string of the molecule is CC12CC=CCC1C(C)(C)C(O)CC2. The largest absolute Gasteiger partial charge is 0.393 e. The first kappa shape index (κ1) is 10.2. The summed E-state index contributed by atoms with van der Waals surface area (Å²) in [4.78, 5) is 0. The first-order valence-corrected chi connectivity index (χ1v) is 5.80. The quantitative estimate of drug-likeness (QED) is 0.587. The third-order valence-corrected chi connectivity index (χ3v) is 4.71. The van der Waals surface area contributed by atoms with Crippen LogP contribution in [0.5, 0.6) is 0 Å². The van der Waals surface area contributed by atoms with Gasteiger partial charge in [-0.3, -0.25) is 0 Å². The van der Waals surface area contributed by atoms with Crippen molar-refractivity contribution in [2.75, 3.05) is 0 Å². The minimum atomic E-state index is -0.105. The second-order valence-corrected chi connectivity index (χ2v) is 5.99. The zero-order valence-electron chi connectivity index (χ0n) is 9.59. The van der Waals surface area contributed by atoms with Gasteiger partial charge in [-0.1, -0.05) is 32.9 Å². The molecule has 0 aromatic carbocycles. The molecule has 80 valence electrons. The Kier molecular flexibility index (Phi) is 2.26. The number of allylic oxidation sites excluding steroid dienone is 2. The average molecular weight is 194 g/mol. The molecule has 0 aliphatic heterocycles. The van der Waals surface area contributed by atoms with E-state index in [1.807, 2.05) is 0 Å². The molecule has 0 amide bonds. The highest BCUT2D eigenvalue weighted by atomic mass is 16.3. The van der Waals surface area contributed by atoms with Crippen LogP contribution >= 0.6 is 0 Å².